The minimum Gasteiger partial charge on any atom is -0.508 e. The molecule has 0 atom stereocenters. The van der Waals surface area contributed by atoms with E-state index in [-0.39, 0.29) is 38.7 Å². The summed E-state index contributed by atoms with van der Waals surface area (Å²) in [6, 6.07) is 8.98. The first-order valence-corrected chi connectivity index (χ1v) is 11.1. The van der Waals surface area contributed by atoms with Gasteiger partial charge in [0.05, 0.1) is 7.11 Å². The van der Waals surface area contributed by atoms with Gasteiger partial charge < -0.3 is 9.84 Å². The summed E-state index contributed by atoms with van der Waals surface area (Å²) >= 11 is 0. The van der Waals surface area contributed by atoms with Crippen molar-refractivity contribution in [3.8, 4) is 11.5 Å². The van der Waals surface area contributed by atoms with Crippen LogP contribution >= 0.6 is 0 Å². The number of rotatable bonds is 5. The summed E-state index contributed by atoms with van der Waals surface area (Å²) in [6.07, 6.45) is 0. The first-order valence-electron chi connectivity index (χ1n) is 8.23. The van der Waals surface area contributed by atoms with E-state index in [9.17, 15) is 31.0 Å². The summed E-state index contributed by atoms with van der Waals surface area (Å²) in [5.41, 5.74) is 0.0260. The van der Waals surface area contributed by atoms with Crippen molar-refractivity contribution in [1.82, 2.24) is 0 Å². The molecule has 0 saturated heterocycles. The van der Waals surface area contributed by atoms with E-state index < -0.39 is 25.1 Å². The van der Waals surface area contributed by atoms with Gasteiger partial charge in [0.25, 0.3) is 20.2 Å². The van der Waals surface area contributed by atoms with Gasteiger partial charge in [0.2, 0.25) is 0 Å². The summed E-state index contributed by atoms with van der Waals surface area (Å²) in [4.78, 5) is -0.882. The van der Waals surface area contributed by atoms with E-state index in [4.69, 9.17) is 4.74 Å². The number of aromatic hydroxyl groups is 1. The summed E-state index contributed by atoms with van der Waals surface area (Å²) in [7, 11) is -7.89. The number of azo groups is 1. The van der Waals surface area contributed by atoms with Crippen LogP contribution in [0.25, 0.3) is 10.8 Å². The van der Waals surface area contributed by atoms with E-state index in [2.05, 4.69) is 10.2 Å². The van der Waals surface area contributed by atoms with Gasteiger partial charge in [-0.15, -0.1) is 10.2 Å². The van der Waals surface area contributed by atoms with Crippen LogP contribution < -0.4 is 4.74 Å². The smallest absolute Gasteiger partial charge is 0.296 e. The molecule has 0 radical (unpaired) electrons. The van der Waals surface area contributed by atoms with Crippen LogP contribution in [0.1, 0.15) is 5.56 Å². The van der Waals surface area contributed by atoms with Gasteiger partial charge in [0.15, 0.2) is 0 Å². The topological polar surface area (TPSA) is 163 Å². The highest BCUT2D eigenvalue weighted by Gasteiger charge is 2.20. The van der Waals surface area contributed by atoms with E-state index >= 15 is 0 Å². The molecule has 0 fully saturated rings. The Morgan fingerprint density at radius 2 is 1.53 bits per heavy atom. The highest BCUT2D eigenvalue weighted by Crippen LogP contribution is 2.38. The van der Waals surface area contributed by atoms with Crippen LogP contribution in [-0.2, 0) is 20.2 Å². The molecule has 30 heavy (non-hydrogen) atoms. The van der Waals surface area contributed by atoms with Gasteiger partial charge in [-0.05, 0) is 48.2 Å². The van der Waals surface area contributed by atoms with Crippen LogP contribution in [0.4, 0.5) is 11.4 Å². The molecule has 0 amide bonds. The number of benzene rings is 3. The molecule has 0 aliphatic rings. The molecule has 0 bridgehead atoms. The zero-order valence-corrected chi connectivity index (χ0v) is 17.3. The van der Waals surface area contributed by atoms with Gasteiger partial charge in [0, 0.05) is 11.5 Å². The number of ether oxygens (including phenoxy) is 1. The predicted molar refractivity (Wildman–Crippen MR) is 107 cm³/mol. The zero-order valence-electron chi connectivity index (χ0n) is 15.6. The Morgan fingerprint density at radius 1 is 0.867 bits per heavy atom. The summed E-state index contributed by atoms with van der Waals surface area (Å²) in [5, 5.41) is 18.3. The molecule has 0 unspecified atom stereocenters. The quantitative estimate of drug-likeness (QED) is 0.389. The fourth-order valence-electron chi connectivity index (χ4n) is 2.87. The van der Waals surface area contributed by atoms with Gasteiger partial charge in [0.1, 0.15) is 32.7 Å². The van der Waals surface area contributed by atoms with Gasteiger partial charge in [-0.2, -0.15) is 16.8 Å². The van der Waals surface area contributed by atoms with Crippen LogP contribution in [0.2, 0.25) is 0 Å². The van der Waals surface area contributed by atoms with Gasteiger partial charge in [-0.25, -0.2) is 0 Å². The maximum Gasteiger partial charge on any atom is 0.296 e. The Bertz CT molecular complexity index is 1400. The third-order valence-corrected chi connectivity index (χ3v) is 6.11. The van der Waals surface area contributed by atoms with Gasteiger partial charge in [-0.3, -0.25) is 9.11 Å². The first kappa shape index (κ1) is 21.6. The Labute approximate surface area is 172 Å². The second-order valence-electron chi connectivity index (χ2n) is 6.26. The molecule has 3 N–H and O–H groups in total. The molecule has 12 heteroatoms. The average molecular weight is 452 g/mol. The molecule has 0 heterocycles. The molecule has 3 rings (SSSR count). The molecular formula is C18H16N2O8S2. The van der Waals surface area contributed by atoms with Crippen LogP contribution in [0.15, 0.2) is 62.5 Å². The van der Waals surface area contributed by atoms with Crippen molar-refractivity contribution in [2.75, 3.05) is 7.11 Å². The van der Waals surface area contributed by atoms with E-state index in [1.807, 2.05) is 0 Å². The van der Waals surface area contributed by atoms with Crippen molar-refractivity contribution >= 4 is 42.4 Å². The molecule has 0 saturated carbocycles. The molecular weight excluding hydrogens is 436 g/mol. The summed E-state index contributed by atoms with van der Waals surface area (Å²) in [6.45, 7) is 1.42. The minimum absolute atomic E-state index is 0.0386. The van der Waals surface area contributed by atoms with Crippen molar-refractivity contribution in [2.45, 2.75) is 16.7 Å². The Kier molecular flexibility index (Phi) is 5.52. The number of phenolic OH excluding ortho intramolecular Hbond substituents is 1. The van der Waals surface area contributed by atoms with Crippen molar-refractivity contribution < 1.29 is 35.8 Å². The standard InChI is InChI=1S/C18H16N2O8S2/c1-10-7-14(15(28-2)9-17(10)30(25,26)27)19-20-18-13-5-4-12(21)8-11(13)3-6-16(18)29(22,23)24/h3-9,21H,1-2H3,(H,22,23,24)(H,25,26,27). The van der Waals surface area contributed by atoms with Gasteiger partial charge in [-0.1, -0.05) is 6.07 Å². The number of nitrogens with zero attached hydrogens (tertiary/aromatic N) is 2. The molecule has 10 nitrogen and oxygen atoms in total. The van der Waals surface area contributed by atoms with E-state index in [1.54, 1.807) is 0 Å². The second-order valence-corrected chi connectivity index (χ2v) is 9.04. The lowest BCUT2D eigenvalue weighted by Crippen LogP contribution is -2.01. The van der Waals surface area contributed by atoms with Crippen molar-refractivity contribution in [2.24, 2.45) is 10.2 Å². The number of hydrogen-bond acceptors (Lipinski definition) is 8. The SMILES string of the molecule is COc1cc(S(=O)(=O)O)c(C)cc1N=Nc1c(S(=O)(=O)O)ccc2cc(O)ccc12. The number of fused-ring (bicyclic) bond motifs is 1. The van der Waals surface area contributed by atoms with E-state index in [1.165, 1.54) is 44.4 Å². The molecule has 0 spiro atoms. The maximum absolute atomic E-state index is 11.8. The Balaban J connectivity index is 2.25. The van der Waals surface area contributed by atoms with Crippen LogP contribution in [0, 0.1) is 6.92 Å². The van der Waals surface area contributed by atoms with Crippen molar-refractivity contribution in [3.05, 3.63) is 48.0 Å². The molecule has 0 aromatic heterocycles. The van der Waals surface area contributed by atoms with Crippen molar-refractivity contribution in [3.63, 3.8) is 0 Å². The Morgan fingerprint density at radius 3 is 2.13 bits per heavy atom. The lowest BCUT2D eigenvalue weighted by Gasteiger charge is -2.10. The van der Waals surface area contributed by atoms with E-state index in [0.717, 1.165) is 12.1 Å². The minimum atomic E-state index is -4.65. The van der Waals surface area contributed by atoms with Crippen LogP contribution in [0.3, 0.4) is 0 Å². The predicted octanol–water partition coefficient (Wildman–Crippen LogP) is 3.77. The maximum atomic E-state index is 11.8. The zero-order chi connectivity index (χ0) is 22.3. The lowest BCUT2D eigenvalue weighted by molar-refractivity contribution is 0.413. The molecule has 158 valence electrons. The number of phenols is 1. The van der Waals surface area contributed by atoms with Crippen LogP contribution in [0.5, 0.6) is 11.5 Å². The number of aryl methyl sites for hydroxylation is 1. The monoisotopic (exact) mass is 452 g/mol. The molecule has 0 aliphatic heterocycles. The highest BCUT2D eigenvalue weighted by atomic mass is 32.2. The van der Waals surface area contributed by atoms with Crippen LogP contribution in [-0.4, -0.2) is 38.2 Å². The molecule has 3 aromatic rings. The largest absolute Gasteiger partial charge is 0.508 e. The molecule has 0 aliphatic carbocycles. The fraction of sp³-hybridized carbons (Fsp3) is 0.111. The normalized spacial score (nSPS) is 12.5. The van der Waals surface area contributed by atoms with Gasteiger partial charge >= 0.3 is 0 Å². The summed E-state index contributed by atoms with van der Waals surface area (Å²) < 4.78 is 70.5. The third kappa shape index (κ3) is 4.26. The number of methoxy groups -OCH3 is 1. The average Bonchev–Trinajstić information content (AvgIpc) is 2.63. The number of hydrogen-bond donors (Lipinski definition) is 3. The summed E-state index contributed by atoms with van der Waals surface area (Å²) in [5.74, 6) is -0.0913. The van der Waals surface area contributed by atoms with E-state index in [0.29, 0.717) is 5.39 Å². The Hall–Kier alpha value is -3.06. The van der Waals surface area contributed by atoms with Crippen molar-refractivity contribution in [1.29, 1.82) is 0 Å². The molecule has 3 aromatic carbocycles. The lowest BCUT2D eigenvalue weighted by atomic mass is 10.1. The fourth-order valence-corrected chi connectivity index (χ4v) is 4.23. The first-order chi connectivity index (χ1) is 13.9. The highest BCUT2D eigenvalue weighted by molar-refractivity contribution is 7.86. The third-order valence-electron chi connectivity index (χ3n) is 4.23. The second kappa shape index (κ2) is 7.65.